The molecule has 1 atom stereocenters. The highest BCUT2D eigenvalue weighted by Gasteiger charge is 2.35. The van der Waals surface area contributed by atoms with Crippen LogP contribution in [-0.2, 0) is 15.7 Å². The molecule has 6 nitrogen and oxygen atoms in total. The van der Waals surface area contributed by atoms with Crippen LogP contribution >= 0.6 is 11.3 Å². The van der Waals surface area contributed by atoms with E-state index in [1.807, 2.05) is 13.8 Å². The summed E-state index contributed by atoms with van der Waals surface area (Å²) in [5.74, 6) is -0.0820. The number of fused-ring (bicyclic) bond motifs is 1. The topological polar surface area (TPSA) is 69.9 Å². The Morgan fingerprint density at radius 2 is 1.84 bits per heavy atom. The molecule has 10 heteroatoms. The first-order valence-electron chi connectivity index (χ1n) is 11.6. The summed E-state index contributed by atoms with van der Waals surface area (Å²) in [6, 6.07) is 10.8. The van der Waals surface area contributed by atoms with Crippen molar-refractivity contribution in [3.05, 3.63) is 96.2 Å². The maximum Gasteiger partial charge on any atom is 0.416 e. The Kier molecular flexibility index (Phi) is 7.40. The van der Waals surface area contributed by atoms with Crippen molar-refractivity contribution in [2.24, 2.45) is 4.99 Å². The average Bonchev–Trinajstić information content (AvgIpc) is 3.12. The second-order valence-corrected chi connectivity index (χ2v) is 9.64. The van der Waals surface area contributed by atoms with Crippen molar-refractivity contribution in [3.63, 3.8) is 0 Å². The lowest BCUT2D eigenvalue weighted by Crippen LogP contribution is -2.40. The predicted molar refractivity (Wildman–Crippen MR) is 134 cm³/mol. The van der Waals surface area contributed by atoms with E-state index in [9.17, 15) is 22.8 Å². The summed E-state index contributed by atoms with van der Waals surface area (Å²) in [7, 11) is 0. The fourth-order valence-electron chi connectivity index (χ4n) is 4.07. The van der Waals surface area contributed by atoms with Gasteiger partial charge in [0.25, 0.3) is 5.56 Å². The molecule has 0 saturated heterocycles. The Labute approximate surface area is 215 Å². The molecule has 2 heterocycles. The third-order valence-corrected chi connectivity index (χ3v) is 6.61. The van der Waals surface area contributed by atoms with Crippen LogP contribution in [0.25, 0.3) is 6.08 Å². The van der Waals surface area contributed by atoms with E-state index in [1.54, 1.807) is 38.1 Å². The van der Waals surface area contributed by atoms with Crippen molar-refractivity contribution in [1.82, 2.24) is 4.57 Å². The lowest BCUT2D eigenvalue weighted by atomic mass is 9.95. The number of benzene rings is 2. The Bertz CT molecular complexity index is 1530. The SMILES string of the molecule is CCOC(=O)C1=C(C)N=c2s/c(=C/c3ccc(C(F)(F)F)cc3)c(=O)n2[C@H]1c1ccccc1OC(C)C. The van der Waals surface area contributed by atoms with E-state index in [-0.39, 0.29) is 22.8 Å². The normalized spacial score (nSPS) is 16.0. The highest BCUT2D eigenvalue weighted by molar-refractivity contribution is 7.07. The van der Waals surface area contributed by atoms with Crippen molar-refractivity contribution in [3.8, 4) is 5.75 Å². The Morgan fingerprint density at radius 1 is 1.16 bits per heavy atom. The number of ether oxygens (including phenoxy) is 2. The number of aromatic nitrogens is 1. The minimum Gasteiger partial charge on any atom is -0.491 e. The van der Waals surface area contributed by atoms with Crippen LogP contribution in [0.15, 0.2) is 69.6 Å². The second-order valence-electron chi connectivity index (χ2n) is 8.63. The molecule has 4 rings (SSSR count). The maximum absolute atomic E-state index is 13.7. The van der Waals surface area contributed by atoms with Gasteiger partial charge in [0, 0.05) is 5.56 Å². The van der Waals surface area contributed by atoms with Crippen LogP contribution in [0.3, 0.4) is 0 Å². The molecule has 0 spiro atoms. The van der Waals surface area contributed by atoms with Crippen LogP contribution in [-0.4, -0.2) is 23.2 Å². The van der Waals surface area contributed by atoms with E-state index in [0.717, 1.165) is 23.5 Å². The van der Waals surface area contributed by atoms with Gasteiger partial charge in [-0.15, -0.1) is 0 Å². The van der Waals surface area contributed by atoms with E-state index in [2.05, 4.69) is 4.99 Å². The lowest BCUT2D eigenvalue weighted by molar-refractivity contribution is -0.139. The minimum atomic E-state index is -4.45. The van der Waals surface area contributed by atoms with Crippen molar-refractivity contribution in [1.29, 1.82) is 0 Å². The summed E-state index contributed by atoms with van der Waals surface area (Å²) in [6.45, 7) is 7.26. The monoisotopic (exact) mass is 530 g/mol. The number of hydrogen-bond acceptors (Lipinski definition) is 6. The van der Waals surface area contributed by atoms with E-state index in [0.29, 0.717) is 27.4 Å². The van der Waals surface area contributed by atoms with Gasteiger partial charge in [-0.3, -0.25) is 9.36 Å². The van der Waals surface area contributed by atoms with E-state index in [1.165, 1.54) is 22.8 Å². The molecule has 3 aromatic rings. The van der Waals surface area contributed by atoms with Gasteiger partial charge in [-0.05, 0) is 57.5 Å². The van der Waals surface area contributed by atoms with Gasteiger partial charge in [0.2, 0.25) is 0 Å². The van der Waals surface area contributed by atoms with Crippen LogP contribution in [0, 0.1) is 0 Å². The molecule has 0 fully saturated rings. The van der Waals surface area contributed by atoms with Crippen molar-refractivity contribution in [2.45, 2.75) is 46.0 Å². The number of carbonyl (C=O) groups is 1. The fraction of sp³-hybridized carbons (Fsp3) is 0.296. The van der Waals surface area contributed by atoms with Gasteiger partial charge in [0.05, 0.1) is 34.1 Å². The van der Waals surface area contributed by atoms with Crippen LogP contribution in [0.1, 0.15) is 50.4 Å². The van der Waals surface area contributed by atoms with Crippen LogP contribution in [0.2, 0.25) is 0 Å². The average molecular weight is 531 g/mol. The van der Waals surface area contributed by atoms with Crippen LogP contribution in [0.4, 0.5) is 13.2 Å². The molecule has 1 aromatic heterocycles. The number of carbonyl (C=O) groups excluding carboxylic acids is 1. The summed E-state index contributed by atoms with van der Waals surface area (Å²) in [5, 5.41) is 0. The summed E-state index contributed by atoms with van der Waals surface area (Å²) in [5.41, 5.74) is 0.445. The third kappa shape index (κ3) is 5.39. The smallest absolute Gasteiger partial charge is 0.416 e. The molecule has 0 aliphatic carbocycles. The number of hydrogen-bond donors (Lipinski definition) is 0. The maximum atomic E-state index is 13.7. The zero-order chi connectivity index (χ0) is 26.9. The number of para-hydroxylation sites is 1. The third-order valence-electron chi connectivity index (χ3n) is 5.63. The van der Waals surface area contributed by atoms with E-state index >= 15 is 0 Å². The van der Waals surface area contributed by atoms with Gasteiger partial charge in [-0.1, -0.05) is 41.7 Å². The van der Waals surface area contributed by atoms with Gasteiger partial charge in [0.15, 0.2) is 4.80 Å². The molecule has 0 amide bonds. The van der Waals surface area contributed by atoms with Gasteiger partial charge >= 0.3 is 12.1 Å². The van der Waals surface area contributed by atoms with Crippen LogP contribution < -0.4 is 19.6 Å². The lowest BCUT2D eigenvalue weighted by Gasteiger charge is -2.26. The number of thiazole rings is 1. The first kappa shape index (κ1) is 26.4. The van der Waals surface area contributed by atoms with Gasteiger partial charge in [-0.2, -0.15) is 13.2 Å². The molecule has 0 saturated carbocycles. The highest BCUT2D eigenvalue weighted by atomic mass is 32.1. The standard InChI is InChI=1S/C27H25F3N2O4S/c1-5-35-25(34)22-16(4)31-26-32(23(22)19-8-6-7-9-20(19)36-15(2)3)24(33)21(37-26)14-17-10-12-18(13-11-17)27(28,29)30/h6-15,23H,5H2,1-4H3/b21-14+/t23-/m0/s1. The summed E-state index contributed by atoms with van der Waals surface area (Å²) in [6.07, 6.45) is -3.10. The van der Waals surface area contributed by atoms with Gasteiger partial charge in [0.1, 0.15) is 11.8 Å². The molecule has 37 heavy (non-hydrogen) atoms. The number of halogens is 3. The van der Waals surface area contributed by atoms with Crippen molar-refractivity contribution >= 4 is 23.4 Å². The molecule has 0 unspecified atom stereocenters. The van der Waals surface area contributed by atoms with E-state index in [4.69, 9.17) is 9.47 Å². The molecule has 0 radical (unpaired) electrons. The zero-order valence-electron chi connectivity index (χ0n) is 20.6. The summed E-state index contributed by atoms with van der Waals surface area (Å²) < 4.78 is 51.8. The van der Waals surface area contributed by atoms with Gasteiger partial charge < -0.3 is 9.47 Å². The first-order chi connectivity index (χ1) is 17.5. The molecule has 194 valence electrons. The number of allylic oxidation sites excluding steroid dienone is 1. The minimum absolute atomic E-state index is 0.144. The number of nitrogens with zero attached hydrogens (tertiary/aromatic N) is 2. The molecular formula is C27H25F3N2O4S. The summed E-state index contributed by atoms with van der Waals surface area (Å²) >= 11 is 1.09. The van der Waals surface area contributed by atoms with Gasteiger partial charge in [-0.25, -0.2) is 9.79 Å². The summed E-state index contributed by atoms with van der Waals surface area (Å²) in [4.78, 5) is 31.6. The number of esters is 1. The zero-order valence-corrected chi connectivity index (χ0v) is 21.4. The number of rotatable bonds is 6. The second kappa shape index (κ2) is 10.4. The Morgan fingerprint density at radius 3 is 2.46 bits per heavy atom. The molecule has 0 bridgehead atoms. The molecule has 0 N–H and O–H groups in total. The first-order valence-corrected chi connectivity index (χ1v) is 12.5. The number of alkyl halides is 3. The highest BCUT2D eigenvalue weighted by Crippen LogP contribution is 2.36. The molecule has 2 aromatic carbocycles. The van der Waals surface area contributed by atoms with E-state index < -0.39 is 29.3 Å². The predicted octanol–water partition coefficient (Wildman–Crippen LogP) is 4.60. The Balaban J connectivity index is 1.92. The molecule has 1 aliphatic heterocycles. The largest absolute Gasteiger partial charge is 0.491 e. The van der Waals surface area contributed by atoms with Crippen molar-refractivity contribution in [2.75, 3.05) is 6.61 Å². The van der Waals surface area contributed by atoms with Crippen LogP contribution in [0.5, 0.6) is 5.75 Å². The molecular weight excluding hydrogens is 505 g/mol. The Hall–Kier alpha value is -3.66. The quantitative estimate of drug-likeness (QED) is 0.437. The molecule has 1 aliphatic rings. The fourth-order valence-corrected chi connectivity index (χ4v) is 5.12. The van der Waals surface area contributed by atoms with Crippen molar-refractivity contribution < 1.29 is 27.4 Å².